The molecule has 1 heterocycles. The summed E-state index contributed by atoms with van der Waals surface area (Å²) in [4.78, 5) is 2.65. The van der Waals surface area contributed by atoms with E-state index in [4.69, 9.17) is 4.74 Å². The van der Waals surface area contributed by atoms with Crippen LogP contribution in [-0.2, 0) is 23.0 Å². The first-order valence-corrected chi connectivity index (χ1v) is 11.0. The predicted octanol–water partition coefficient (Wildman–Crippen LogP) is 3.20. The second kappa shape index (κ2) is 8.87. The zero-order valence-corrected chi connectivity index (χ0v) is 16.8. The van der Waals surface area contributed by atoms with E-state index in [2.05, 4.69) is 33.9 Å². The first-order chi connectivity index (χ1) is 12.9. The van der Waals surface area contributed by atoms with Gasteiger partial charge in [-0.15, -0.1) is 0 Å². The molecule has 0 bridgehead atoms. The third-order valence-corrected chi connectivity index (χ3v) is 6.14. The fourth-order valence-corrected chi connectivity index (χ4v) is 4.38. The van der Waals surface area contributed by atoms with Crippen molar-refractivity contribution in [1.82, 2.24) is 9.62 Å². The van der Waals surface area contributed by atoms with Crippen molar-refractivity contribution in [2.75, 3.05) is 19.6 Å². The summed E-state index contributed by atoms with van der Waals surface area (Å²) in [5.41, 5.74) is 2.81. The van der Waals surface area contributed by atoms with Gasteiger partial charge in [0.2, 0.25) is 10.0 Å². The maximum Gasteiger partial charge on any atom is 0.240 e. The van der Waals surface area contributed by atoms with Crippen LogP contribution >= 0.6 is 0 Å². The Morgan fingerprint density at radius 3 is 2.48 bits per heavy atom. The van der Waals surface area contributed by atoms with Crippen LogP contribution in [0.4, 0.5) is 0 Å². The van der Waals surface area contributed by atoms with E-state index in [0.29, 0.717) is 12.3 Å². The minimum atomic E-state index is -3.48. The lowest BCUT2D eigenvalue weighted by Gasteiger charge is -2.28. The molecule has 0 atom stereocenters. The van der Waals surface area contributed by atoms with E-state index < -0.39 is 10.0 Å². The highest BCUT2D eigenvalue weighted by atomic mass is 32.2. The SMILES string of the molecule is CC(C)Oc1ccc(S(=O)(=O)NCCCN2CCc3ccccc3C2)cc1. The van der Waals surface area contributed by atoms with Gasteiger partial charge in [-0.25, -0.2) is 13.1 Å². The van der Waals surface area contributed by atoms with Crippen LogP contribution < -0.4 is 9.46 Å². The standard InChI is InChI=1S/C21H28N2O3S/c1-17(2)26-20-8-10-21(11-9-20)27(24,25)22-13-5-14-23-15-12-18-6-3-4-7-19(18)16-23/h3-4,6-11,17,22H,5,12-16H2,1-2H3. The van der Waals surface area contributed by atoms with Crippen LogP contribution in [-0.4, -0.2) is 39.1 Å². The van der Waals surface area contributed by atoms with Gasteiger partial charge in [0.05, 0.1) is 11.0 Å². The summed E-state index contributed by atoms with van der Waals surface area (Å²) in [6.07, 6.45) is 1.91. The van der Waals surface area contributed by atoms with Crippen molar-refractivity contribution in [2.24, 2.45) is 0 Å². The van der Waals surface area contributed by atoms with Gasteiger partial charge in [-0.05, 0) is 68.6 Å². The summed E-state index contributed by atoms with van der Waals surface area (Å²) in [6, 6.07) is 15.1. The molecule has 0 saturated heterocycles. The Labute approximate surface area is 162 Å². The Hall–Kier alpha value is -1.89. The number of sulfonamides is 1. The summed E-state index contributed by atoms with van der Waals surface area (Å²) in [5.74, 6) is 0.675. The van der Waals surface area contributed by atoms with Gasteiger partial charge in [0.1, 0.15) is 5.75 Å². The monoisotopic (exact) mass is 388 g/mol. The molecule has 5 nitrogen and oxygen atoms in total. The van der Waals surface area contributed by atoms with Crippen molar-refractivity contribution >= 4 is 10.0 Å². The van der Waals surface area contributed by atoms with Crippen LogP contribution in [0.2, 0.25) is 0 Å². The molecule has 6 heteroatoms. The molecule has 2 aromatic rings. The maximum atomic E-state index is 12.4. The average Bonchev–Trinajstić information content (AvgIpc) is 2.65. The molecule has 0 unspecified atom stereocenters. The Morgan fingerprint density at radius 1 is 1.07 bits per heavy atom. The van der Waals surface area contributed by atoms with Gasteiger partial charge in [-0.3, -0.25) is 4.90 Å². The predicted molar refractivity (Wildman–Crippen MR) is 107 cm³/mol. The minimum Gasteiger partial charge on any atom is -0.491 e. The number of ether oxygens (including phenoxy) is 1. The van der Waals surface area contributed by atoms with E-state index in [9.17, 15) is 8.42 Å². The van der Waals surface area contributed by atoms with Crippen LogP contribution in [0.15, 0.2) is 53.4 Å². The first kappa shape index (κ1) is 19.9. The highest BCUT2D eigenvalue weighted by Gasteiger charge is 2.16. The fourth-order valence-electron chi connectivity index (χ4n) is 3.31. The van der Waals surface area contributed by atoms with Gasteiger partial charge in [0, 0.05) is 19.6 Å². The van der Waals surface area contributed by atoms with Gasteiger partial charge in [-0.2, -0.15) is 0 Å². The summed E-state index contributed by atoms with van der Waals surface area (Å²) in [5, 5.41) is 0. The van der Waals surface area contributed by atoms with E-state index in [0.717, 1.165) is 32.5 Å². The fraction of sp³-hybridized carbons (Fsp3) is 0.429. The van der Waals surface area contributed by atoms with Crippen molar-refractivity contribution in [3.05, 3.63) is 59.7 Å². The normalized spacial score (nSPS) is 14.9. The molecule has 3 rings (SSSR count). The Morgan fingerprint density at radius 2 is 1.78 bits per heavy atom. The summed E-state index contributed by atoms with van der Waals surface area (Å²) in [6.45, 7) is 7.17. The molecule has 1 aliphatic heterocycles. The third-order valence-electron chi connectivity index (χ3n) is 4.66. The summed E-state index contributed by atoms with van der Waals surface area (Å²) in [7, 11) is -3.48. The van der Waals surface area contributed by atoms with Crippen LogP contribution in [0.5, 0.6) is 5.75 Å². The Balaban J connectivity index is 1.46. The molecular formula is C21H28N2O3S. The molecule has 0 aliphatic carbocycles. The van der Waals surface area contributed by atoms with Crippen LogP contribution in [0.25, 0.3) is 0 Å². The number of hydrogen-bond donors (Lipinski definition) is 1. The van der Waals surface area contributed by atoms with Gasteiger partial charge in [-0.1, -0.05) is 24.3 Å². The second-order valence-corrected chi connectivity index (χ2v) is 8.95. The largest absolute Gasteiger partial charge is 0.491 e. The van der Waals surface area contributed by atoms with E-state index >= 15 is 0 Å². The number of benzene rings is 2. The molecule has 0 spiro atoms. The van der Waals surface area contributed by atoms with Crippen molar-refractivity contribution < 1.29 is 13.2 Å². The molecule has 146 valence electrons. The molecule has 1 aliphatic rings. The van der Waals surface area contributed by atoms with Crippen molar-refractivity contribution in [2.45, 2.75) is 44.2 Å². The van der Waals surface area contributed by atoms with E-state index in [1.807, 2.05) is 13.8 Å². The lowest BCUT2D eigenvalue weighted by molar-refractivity contribution is 0.242. The minimum absolute atomic E-state index is 0.0623. The Bertz CT molecular complexity index is 848. The van der Waals surface area contributed by atoms with Gasteiger partial charge in [0.25, 0.3) is 0 Å². The molecule has 0 fully saturated rings. The van der Waals surface area contributed by atoms with E-state index in [-0.39, 0.29) is 11.0 Å². The maximum absolute atomic E-state index is 12.4. The van der Waals surface area contributed by atoms with Gasteiger partial charge >= 0.3 is 0 Å². The number of nitrogens with zero attached hydrogens (tertiary/aromatic N) is 1. The van der Waals surface area contributed by atoms with Crippen molar-refractivity contribution in [3.63, 3.8) is 0 Å². The van der Waals surface area contributed by atoms with Crippen LogP contribution in [0.1, 0.15) is 31.4 Å². The molecule has 2 aromatic carbocycles. The lowest BCUT2D eigenvalue weighted by atomic mass is 10.00. The zero-order valence-electron chi connectivity index (χ0n) is 16.0. The Kier molecular flexibility index (Phi) is 6.52. The molecule has 0 aromatic heterocycles. The van der Waals surface area contributed by atoms with Gasteiger partial charge in [0.15, 0.2) is 0 Å². The average molecular weight is 389 g/mol. The smallest absolute Gasteiger partial charge is 0.240 e. The molecular weight excluding hydrogens is 360 g/mol. The molecule has 0 saturated carbocycles. The van der Waals surface area contributed by atoms with Gasteiger partial charge < -0.3 is 4.74 Å². The first-order valence-electron chi connectivity index (χ1n) is 9.49. The van der Waals surface area contributed by atoms with Crippen molar-refractivity contribution in [3.8, 4) is 5.75 Å². The van der Waals surface area contributed by atoms with Crippen molar-refractivity contribution in [1.29, 1.82) is 0 Å². The number of hydrogen-bond acceptors (Lipinski definition) is 4. The quantitative estimate of drug-likeness (QED) is 0.706. The molecule has 0 radical (unpaired) electrons. The van der Waals surface area contributed by atoms with Crippen LogP contribution in [0, 0.1) is 0 Å². The molecule has 27 heavy (non-hydrogen) atoms. The number of rotatable bonds is 8. The topological polar surface area (TPSA) is 58.6 Å². The summed E-state index contributed by atoms with van der Waals surface area (Å²) < 4.78 is 33.1. The highest BCUT2D eigenvalue weighted by molar-refractivity contribution is 7.89. The third kappa shape index (κ3) is 5.54. The second-order valence-electron chi connectivity index (χ2n) is 7.18. The summed E-state index contributed by atoms with van der Waals surface area (Å²) >= 11 is 0. The van der Waals surface area contributed by atoms with Crippen LogP contribution in [0.3, 0.4) is 0 Å². The highest BCUT2D eigenvalue weighted by Crippen LogP contribution is 2.19. The van der Waals surface area contributed by atoms with E-state index in [1.165, 1.54) is 11.1 Å². The zero-order chi connectivity index (χ0) is 19.3. The number of fused-ring (bicyclic) bond motifs is 1. The van der Waals surface area contributed by atoms with E-state index in [1.54, 1.807) is 24.3 Å². The molecule has 0 amide bonds. The lowest BCUT2D eigenvalue weighted by Crippen LogP contribution is -2.33. The number of nitrogens with one attached hydrogen (secondary N) is 1. The molecule has 1 N–H and O–H groups in total.